The second-order valence-corrected chi connectivity index (χ2v) is 6.61. The highest BCUT2D eigenvalue weighted by atomic mass is 35.5. The highest BCUT2D eigenvalue weighted by molar-refractivity contribution is 6.31. The maximum Gasteiger partial charge on any atom is 0.227 e. The van der Waals surface area contributed by atoms with Gasteiger partial charge in [0.25, 0.3) is 0 Å². The lowest BCUT2D eigenvalue weighted by molar-refractivity contribution is 0.628. The number of nitrogens with zero attached hydrogens (tertiary/aromatic N) is 3. The van der Waals surface area contributed by atoms with Crippen molar-refractivity contribution in [1.29, 1.82) is 0 Å². The van der Waals surface area contributed by atoms with Crippen molar-refractivity contribution in [1.82, 2.24) is 9.97 Å². The fourth-order valence-electron chi connectivity index (χ4n) is 2.54. The Morgan fingerprint density at radius 1 is 1.12 bits per heavy atom. The van der Waals surface area contributed by atoms with E-state index in [0.717, 1.165) is 0 Å². The van der Waals surface area contributed by atoms with Crippen LogP contribution in [-0.4, -0.2) is 16.0 Å². The van der Waals surface area contributed by atoms with E-state index in [1.165, 1.54) is 17.7 Å². The monoisotopic (exact) mass is 370 g/mol. The summed E-state index contributed by atoms with van der Waals surface area (Å²) < 4.78 is 13.3. The van der Waals surface area contributed by atoms with Crippen LogP contribution in [0.5, 0.6) is 0 Å². The van der Waals surface area contributed by atoms with Gasteiger partial charge in [0.1, 0.15) is 11.6 Å². The van der Waals surface area contributed by atoms with E-state index in [1.807, 2.05) is 18.2 Å². The highest BCUT2D eigenvalue weighted by Gasteiger charge is 2.15. The first-order valence-corrected chi connectivity index (χ1v) is 8.76. The number of aromatic nitrogens is 2. The van der Waals surface area contributed by atoms with Gasteiger partial charge in [-0.3, -0.25) is 0 Å². The normalized spacial score (nSPS) is 10.8. The van der Waals surface area contributed by atoms with E-state index in [0.29, 0.717) is 24.0 Å². The van der Waals surface area contributed by atoms with Crippen molar-refractivity contribution in [3.63, 3.8) is 0 Å². The molecule has 0 aliphatic rings. The number of benzene rings is 2. The van der Waals surface area contributed by atoms with Crippen molar-refractivity contribution in [3.8, 4) is 0 Å². The molecular formula is C20H20ClFN4. The number of hydrogen-bond acceptors (Lipinski definition) is 4. The van der Waals surface area contributed by atoms with Gasteiger partial charge < -0.3 is 10.2 Å². The van der Waals surface area contributed by atoms with Crippen molar-refractivity contribution in [3.05, 3.63) is 77.2 Å². The van der Waals surface area contributed by atoms with E-state index in [9.17, 15) is 4.39 Å². The lowest BCUT2D eigenvalue weighted by Gasteiger charge is -2.27. The average molecular weight is 371 g/mol. The summed E-state index contributed by atoms with van der Waals surface area (Å²) in [6.45, 7) is 4.92. The summed E-state index contributed by atoms with van der Waals surface area (Å²) in [4.78, 5) is 11.1. The third kappa shape index (κ3) is 4.49. The Hall–Kier alpha value is -2.66. The Balaban J connectivity index is 1.82. The fourth-order valence-corrected chi connectivity index (χ4v) is 2.72. The lowest BCUT2D eigenvalue weighted by Crippen LogP contribution is -2.31. The standard InChI is InChI=1S/C20H20ClFN4/c1-14(2)26(13-15-6-4-3-5-7-15)20-23-11-10-19(25-20)24-16-8-9-18(22)17(21)12-16/h3-12,14H,13H2,1-2H3,(H,23,24,25). The smallest absolute Gasteiger partial charge is 0.227 e. The predicted molar refractivity (Wildman–Crippen MR) is 104 cm³/mol. The minimum atomic E-state index is -0.450. The first-order chi connectivity index (χ1) is 12.5. The van der Waals surface area contributed by atoms with E-state index < -0.39 is 5.82 Å². The summed E-state index contributed by atoms with van der Waals surface area (Å²) in [6.07, 6.45) is 1.70. The maximum absolute atomic E-state index is 13.3. The second-order valence-electron chi connectivity index (χ2n) is 6.20. The summed E-state index contributed by atoms with van der Waals surface area (Å²) in [6, 6.07) is 16.7. The summed E-state index contributed by atoms with van der Waals surface area (Å²) >= 11 is 5.84. The van der Waals surface area contributed by atoms with Gasteiger partial charge in [0, 0.05) is 24.5 Å². The lowest BCUT2D eigenvalue weighted by atomic mass is 10.2. The topological polar surface area (TPSA) is 41.1 Å². The SMILES string of the molecule is CC(C)N(Cc1ccccc1)c1nccc(Nc2ccc(F)c(Cl)c2)n1. The summed E-state index contributed by atoms with van der Waals surface area (Å²) in [5, 5.41) is 3.21. The van der Waals surface area contributed by atoms with Crippen LogP contribution in [0.3, 0.4) is 0 Å². The zero-order chi connectivity index (χ0) is 18.5. The Labute approximate surface area is 157 Å². The second kappa shape index (κ2) is 8.15. The van der Waals surface area contributed by atoms with Crippen LogP contribution in [-0.2, 0) is 6.54 Å². The Morgan fingerprint density at radius 3 is 2.58 bits per heavy atom. The summed E-state index contributed by atoms with van der Waals surface area (Å²) in [5.41, 5.74) is 1.86. The molecule has 0 aliphatic heterocycles. The number of nitrogens with one attached hydrogen (secondary N) is 1. The molecule has 3 aromatic rings. The molecular weight excluding hydrogens is 351 g/mol. The number of hydrogen-bond donors (Lipinski definition) is 1. The van der Waals surface area contributed by atoms with Crippen molar-refractivity contribution < 1.29 is 4.39 Å². The fraction of sp³-hybridized carbons (Fsp3) is 0.200. The van der Waals surface area contributed by atoms with Crippen LogP contribution >= 0.6 is 11.6 Å². The van der Waals surface area contributed by atoms with E-state index in [2.05, 4.69) is 46.2 Å². The van der Waals surface area contributed by atoms with Crippen LogP contribution < -0.4 is 10.2 Å². The van der Waals surface area contributed by atoms with Gasteiger partial charge in [-0.25, -0.2) is 9.37 Å². The first-order valence-electron chi connectivity index (χ1n) is 8.38. The van der Waals surface area contributed by atoms with E-state index in [-0.39, 0.29) is 11.1 Å². The molecule has 0 radical (unpaired) electrons. The molecule has 0 amide bonds. The predicted octanol–water partition coefficient (Wildman–Crippen LogP) is 5.43. The molecule has 0 unspecified atom stereocenters. The minimum Gasteiger partial charge on any atom is -0.340 e. The van der Waals surface area contributed by atoms with E-state index in [1.54, 1.807) is 18.3 Å². The van der Waals surface area contributed by atoms with Crippen LogP contribution in [0.15, 0.2) is 60.8 Å². The third-order valence-electron chi connectivity index (χ3n) is 3.91. The van der Waals surface area contributed by atoms with Crippen molar-refractivity contribution in [2.75, 3.05) is 10.2 Å². The van der Waals surface area contributed by atoms with Crippen molar-refractivity contribution in [2.45, 2.75) is 26.4 Å². The molecule has 1 heterocycles. The highest BCUT2D eigenvalue weighted by Crippen LogP contribution is 2.23. The number of halogens is 2. The van der Waals surface area contributed by atoms with Crippen LogP contribution in [0, 0.1) is 5.82 Å². The van der Waals surface area contributed by atoms with Crippen LogP contribution in [0.25, 0.3) is 0 Å². The van der Waals surface area contributed by atoms with E-state index >= 15 is 0 Å². The minimum absolute atomic E-state index is 0.0668. The number of anilines is 3. The molecule has 0 atom stereocenters. The molecule has 134 valence electrons. The largest absolute Gasteiger partial charge is 0.340 e. The molecule has 26 heavy (non-hydrogen) atoms. The van der Waals surface area contributed by atoms with Crippen molar-refractivity contribution in [2.24, 2.45) is 0 Å². The molecule has 0 saturated carbocycles. The molecule has 0 fully saturated rings. The Morgan fingerprint density at radius 2 is 1.88 bits per heavy atom. The third-order valence-corrected chi connectivity index (χ3v) is 4.20. The van der Waals surface area contributed by atoms with Crippen molar-refractivity contribution >= 4 is 29.1 Å². The molecule has 6 heteroatoms. The molecule has 0 aliphatic carbocycles. The molecule has 1 N–H and O–H groups in total. The van der Waals surface area contributed by atoms with Gasteiger partial charge in [-0.05, 0) is 43.7 Å². The zero-order valence-electron chi connectivity index (χ0n) is 14.7. The average Bonchev–Trinajstić information content (AvgIpc) is 2.64. The van der Waals surface area contributed by atoms with Gasteiger partial charge in [-0.2, -0.15) is 4.98 Å². The van der Waals surface area contributed by atoms with Gasteiger partial charge in [0.15, 0.2) is 0 Å². The van der Waals surface area contributed by atoms with Gasteiger partial charge >= 0.3 is 0 Å². The van der Waals surface area contributed by atoms with Gasteiger partial charge in [-0.15, -0.1) is 0 Å². The quantitative estimate of drug-likeness (QED) is 0.628. The summed E-state index contributed by atoms with van der Waals surface area (Å²) in [5.74, 6) is 0.799. The summed E-state index contributed by atoms with van der Waals surface area (Å²) in [7, 11) is 0. The molecule has 0 bridgehead atoms. The Kier molecular flexibility index (Phi) is 5.68. The van der Waals surface area contributed by atoms with Gasteiger partial charge in [0.05, 0.1) is 5.02 Å². The molecule has 2 aromatic carbocycles. The van der Waals surface area contributed by atoms with Gasteiger partial charge in [-0.1, -0.05) is 41.9 Å². The molecule has 1 aromatic heterocycles. The van der Waals surface area contributed by atoms with Crippen LogP contribution in [0.1, 0.15) is 19.4 Å². The van der Waals surface area contributed by atoms with E-state index in [4.69, 9.17) is 11.6 Å². The van der Waals surface area contributed by atoms with Crippen LogP contribution in [0.2, 0.25) is 5.02 Å². The molecule has 0 saturated heterocycles. The zero-order valence-corrected chi connectivity index (χ0v) is 15.4. The maximum atomic E-state index is 13.3. The molecule has 4 nitrogen and oxygen atoms in total. The molecule has 0 spiro atoms. The number of rotatable bonds is 6. The molecule has 3 rings (SSSR count). The van der Waals surface area contributed by atoms with Crippen LogP contribution in [0.4, 0.5) is 21.8 Å². The Bertz CT molecular complexity index is 871. The van der Waals surface area contributed by atoms with Gasteiger partial charge in [0.2, 0.25) is 5.95 Å². The first kappa shape index (κ1) is 18.1.